The Morgan fingerprint density at radius 1 is 1.21 bits per heavy atom. The summed E-state index contributed by atoms with van der Waals surface area (Å²) in [5.41, 5.74) is 0.131. The SMILES string of the molecule is CC1CCCC(CNC(C)C)(OCCC2CCC2)C1. The lowest BCUT2D eigenvalue weighted by atomic mass is 9.78. The Balaban J connectivity index is 1.80. The van der Waals surface area contributed by atoms with E-state index in [1.807, 2.05) is 0 Å². The monoisotopic (exact) mass is 267 g/mol. The first kappa shape index (κ1) is 15.3. The maximum Gasteiger partial charge on any atom is 0.0808 e. The van der Waals surface area contributed by atoms with Crippen molar-refractivity contribution in [1.29, 1.82) is 0 Å². The zero-order valence-corrected chi connectivity index (χ0v) is 13.2. The second-order valence-electron chi connectivity index (χ2n) is 7.35. The molecule has 2 rings (SSSR count). The largest absolute Gasteiger partial charge is 0.374 e. The van der Waals surface area contributed by atoms with Crippen LogP contribution in [0.2, 0.25) is 0 Å². The molecule has 2 unspecified atom stereocenters. The molecule has 19 heavy (non-hydrogen) atoms. The summed E-state index contributed by atoms with van der Waals surface area (Å²) in [4.78, 5) is 0. The Labute approximate surface area is 119 Å². The van der Waals surface area contributed by atoms with Crippen molar-refractivity contribution in [3.8, 4) is 0 Å². The van der Waals surface area contributed by atoms with Crippen molar-refractivity contribution in [2.75, 3.05) is 13.2 Å². The van der Waals surface area contributed by atoms with E-state index in [0.29, 0.717) is 6.04 Å². The van der Waals surface area contributed by atoms with E-state index in [1.54, 1.807) is 0 Å². The van der Waals surface area contributed by atoms with E-state index >= 15 is 0 Å². The van der Waals surface area contributed by atoms with E-state index in [2.05, 4.69) is 26.1 Å². The lowest BCUT2D eigenvalue weighted by molar-refractivity contribution is -0.0857. The van der Waals surface area contributed by atoms with Gasteiger partial charge in [0.05, 0.1) is 5.60 Å². The molecule has 0 bridgehead atoms. The van der Waals surface area contributed by atoms with Gasteiger partial charge in [-0.2, -0.15) is 0 Å². The summed E-state index contributed by atoms with van der Waals surface area (Å²) in [5, 5.41) is 3.62. The van der Waals surface area contributed by atoms with E-state index in [4.69, 9.17) is 4.74 Å². The predicted molar refractivity (Wildman–Crippen MR) is 81.4 cm³/mol. The molecular weight excluding hydrogens is 234 g/mol. The molecule has 0 spiro atoms. The Morgan fingerprint density at radius 2 is 2.00 bits per heavy atom. The van der Waals surface area contributed by atoms with Crippen LogP contribution in [0.25, 0.3) is 0 Å². The van der Waals surface area contributed by atoms with Gasteiger partial charge in [-0.25, -0.2) is 0 Å². The first-order valence-corrected chi connectivity index (χ1v) is 8.47. The molecule has 0 aliphatic heterocycles. The van der Waals surface area contributed by atoms with E-state index < -0.39 is 0 Å². The van der Waals surface area contributed by atoms with Crippen molar-refractivity contribution >= 4 is 0 Å². The molecule has 1 N–H and O–H groups in total. The van der Waals surface area contributed by atoms with Crippen LogP contribution in [0.15, 0.2) is 0 Å². The number of ether oxygens (including phenoxy) is 1. The van der Waals surface area contributed by atoms with Crippen LogP contribution in [-0.2, 0) is 4.74 Å². The highest BCUT2D eigenvalue weighted by molar-refractivity contribution is 4.89. The lowest BCUT2D eigenvalue weighted by Gasteiger charge is -2.41. The average molecular weight is 267 g/mol. The normalized spacial score (nSPS) is 32.5. The Morgan fingerprint density at radius 3 is 2.58 bits per heavy atom. The predicted octanol–water partition coefficient (Wildman–Crippen LogP) is 4.14. The molecule has 0 aromatic rings. The maximum atomic E-state index is 6.44. The van der Waals surface area contributed by atoms with Gasteiger partial charge in [-0.15, -0.1) is 0 Å². The number of nitrogens with one attached hydrogen (secondary N) is 1. The van der Waals surface area contributed by atoms with E-state index in [0.717, 1.165) is 25.0 Å². The first-order chi connectivity index (χ1) is 9.10. The summed E-state index contributed by atoms with van der Waals surface area (Å²) in [6.07, 6.45) is 10.8. The fourth-order valence-corrected chi connectivity index (χ4v) is 3.57. The summed E-state index contributed by atoms with van der Waals surface area (Å²) < 4.78 is 6.44. The Bertz CT molecular complexity index is 262. The summed E-state index contributed by atoms with van der Waals surface area (Å²) in [5.74, 6) is 1.79. The maximum absolute atomic E-state index is 6.44. The minimum atomic E-state index is 0.131. The van der Waals surface area contributed by atoms with Crippen molar-refractivity contribution in [3.63, 3.8) is 0 Å². The molecule has 2 heteroatoms. The van der Waals surface area contributed by atoms with Crippen LogP contribution in [0.5, 0.6) is 0 Å². The zero-order chi connectivity index (χ0) is 13.7. The van der Waals surface area contributed by atoms with Crippen LogP contribution < -0.4 is 5.32 Å². The fourth-order valence-electron chi connectivity index (χ4n) is 3.57. The molecule has 0 aromatic carbocycles. The molecule has 112 valence electrons. The number of rotatable bonds is 7. The van der Waals surface area contributed by atoms with Crippen LogP contribution in [-0.4, -0.2) is 24.8 Å². The van der Waals surface area contributed by atoms with Gasteiger partial charge in [-0.1, -0.05) is 52.9 Å². The second-order valence-corrected chi connectivity index (χ2v) is 7.35. The number of hydrogen-bond acceptors (Lipinski definition) is 2. The van der Waals surface area contributed by atoms with Gasteiger partial charge < -0.3 is 10.1 Å². The van der Waals surface area contributed by atoms with Gasteiger partial charge in [0.2, 0.25) is 0 Å². The molecule has 2 aliphatic rings. The van der Waals surface area contributed by atoms with Crippen LogP contribution in [0, 0.1) is 11.8 Å². The Hall–Kier alpha value is -0.0800. The molecule has 0 radical (unpaired) electrons. The molecule has 0 heterocycles. The summed E-state index contributed by atoms with van der Waals surface area (Å²) in [6, 6.07) is 0.560. The minimum Gasteiger partial charge on any atom is -0.374 e. The highest BCUT2D eigenvalue weighted by atomic mass is 16.5. The van der Waals surface area contributed by atoms with E-state index in [9.17, 15) is 0 Å². The smallest absolute Gasteiger partial charge is 0.0808 e. The standard InChI is InChI=1S/C17H33NO/c1-14(2)18-13-17(10-5-6-15(3)12-17)19-11-9-16-7-4-8-16/h14-16,18H,4-13H2,1-3H3. The quantitative estimate of drug-likeness (QED) is 0.748. The van der Waals surface area contributed by atoms with Gasteiger partial charge in [0.1, 0.15) is 0 Å². The highest BCUT2D eigenvalue weighted by Crippen LogP contribution is 2.36. The van der Waals surface area contributed by atoms with Crippen molar-refractivity contribution in [1.82, 2.24) is 5.32 Å². The van der Waals surface area contributed by atoms with Crippen molar-refractivity contribution in [2.45, 2.75) is 83.8 Å². The molecule has 0 saturated heterocycles. The van der Waals surface area contributed by atoms with Crippen molar-refractivity contribution in [2.24, 2.45) is 11.8 Å². The van der Waals surface area contributed by atoms with Crippen LogP contribution in [0.1, 0.15) is 72.1 Å². The van der Waals surface area contributed by atoms with Crippen LogP contribution in [0.3, 0.4) is 0 Å². The molecule has 0 amide bonds. The van der Waals surface area contributed by atoms with Gasteiger partial charge >= 0.3 is 0 Å². The fraction of sp³-hybridized carbons (Fsp3) is 1.00. The van der Waals surface area contributed by atoms with E-state index in [1.165, 1.54) is 51.4 Å². The highest BCUT2D eigenvalue weighted by Gasteiger charge is 2.36. The molecule has 2 saturated carbocycles. The van der Waals surface area contributed by atoms with Crippen LogP contribution >= 0.6 is 0 Å². The van der Waals surface area contributed by atoms with Crippen LogP contribution in [0.4, 0.5) is 0 Å². The molecule has 0 aromatic heterocycles. The summed E-state index contributed by atoms with van der Waals surface area (Å²) >= 11 is 0. The summed E-state index contributed by atoms with van der Waals surface area (Å²) in [7, 11) is 0. The van der Waals surface area contributed by atoms with Crippen molar-refractivity contribution < 1.29 is 4.74 Å². The van der Waals surface area contributed by atoms with Gasteiger partial charge in [0, 0.05) is 19.2 Å². The molecular formula is C17H33NO. The average Bonchev–Trinajstić information content (AvgIpc) is 2.30. The van der Waals surface area contributed by atoms with E-state index in [-0.39, 0.29) is 5.60 Å². The molecule has 2 fully saturated rings. The lowest BCUT2D eigenvalue weighted by Crippen LogP contribution is -2.48. The third kappa shape index (κ3) is 4.75. The van der Waals surface area contributed by atoms with Crippen molar-refractivity contribution in [3.05, 3.63) is 0 Å². The van der Waals surface area contributed by atoms with Gasteiger partial charge in [0.15, 0.2) is 0 Å². The minimum absolute atomic E-state index is 0.131. The third-order valence-corrected chi connectivity index (χ3v) is 5.04. The second kappa shape index (κ2) is 7.08. The van der Waals surface area contributed by atoms with Gasteiger partial charge in [-0.05, 0) is 31.1 Å². The Kier molecular flexibility index (Phi) is 5.70. The zero-order valence-electron chi connectivity index (χ0n) is 13.2. The topological polar surface area (TPSA) is 21.3 Å². The van der Waals surface area contributed by atoms with Gasteiger partial charge in [0.25, 0.3) is 0 Å². The molecule has 2 nitrogen and oxygen atoms in total. The third-order valence-electron chi connectivity index (χ3n) is 5.04. The molecule has 2 atom stereocenters. The summed E-state index contributed by atoms with van der Waals surface area (Å²) in [6.45, 7) is 8.87. The van der Waals surface area contributed by atoms with Gasteiger partial charge in [-0.3, -0.25) is 0 Å². The number of hydrogen-bond donors (Lipinski definition) is 1. The first-order valence-electron chi connectivity index (χ1n) is 8.47. The molecule has 2 aliphatic carbocycles.